The van der Waals surface area contributed by atoms with E-state index in [4.69, 9.17) is 5.73 Å². The Kier molecular flexibility index (Phi) is 1.95. The standard InChI is InChI=1S/C16H15N/c1-16(2)14-9-4-3-7-12(14)13-8-5-6-11(17)10-15(13)16/h3-9H,17H2,1-2H3. The minimum Gasteiger partial charge on any atom is -0.392 e. The molecule has 0 atom stereocenters. The summed E-state index contributed by atoms with van der Waals surface area (Å²) < 4.78 is 0. The second-order valence-electron chi connectivity index (χ2n) is 5.07. The van der Waals surface area contributed by atoms with Crippen molar-refractivity contribution < 1.29 is 0 Å². The molecule has 0 saturated carbocycles. The highest BCUT2D eigenvalue weighted by atomic mass is 14.6. The van der Waals surface area contributed by atoms with Crippen molar-refractivity contribution >= 4 is 5.57 Å². The topological polar surface area (TPSA) is 26.0 Å². The van der Waals surface area contributed by atoms with E-state index >= 15 is 0 Å². The normalized spacial score (nSPS) is 19.8. The molecular formula is C16H15N. The molecule has 1 aromatic rings. The molecule has 0 bridgehead atoms. The molecular weight excluding hydrogens is 206 g/mol. The molecule has 1 aromatic carbocycles. The fourth-order valence-electron chi connectivity index (χ4n) is 2.70. The molecule has 2 aliphatic rings. The zero-order valence-corrected chi connectivity index (χ0v) is 10.1. The number of nitrogens with two attached hydrogens (primary N) is 1. The van der Waals surface area contributed by atoms with Gasteiger partial charge in [0.1, 0.15) is 0 Å². The van der Waals surface area contributed by atoms with Crippen LogP contribution in [0.5, 0.6) is 0 Å². The van der Waals surface area contributed by atoms with Gasteiger partial charge in [-0.3, -0.25) is 0 Å². The Morgan fingerprint density at radius 2 is 1.94 bits per heavy atom. The van der Waals surface area contributed by atoms with E-state index in [1.165, 1.54) is 22.3 Å². The highest BCUT2D eigenvalue weighted by molar-refractivity contribution is 5.90. The van der Waals surface area contributed by atoms with Crippen molar-refractivity contribution in [2.24, 2.45) is 5.73 Å². The molecule has 3 rings (SSSR count). The van der Waals surface area contributed by atoms with E-state index in [2.05, 4.69) is 49.9 Å². The first-order chi connectivity index (χ1) is 8.10. The van der Waals surface area contributed by atoms with Crippen molar-refractivity contribution in [3.63, 3.8) is 0 Å². The van der Waals surface area contributed by atoms with Crippen LogP contribution in [0.4, 0.5) is 0 Å². The van der Waals surface area contributed by atoms with Gasteiger partial charge < -0.3 is 5.73 Å². The Balaban J connectivity index is 2.40. The number of allylic oxidation sites excluding steroid dienone is 4. The van der Waals surface area contributed by atoms with Crippen LogP contribution in [0.25, 0.3) is 5.57 Å². The monoisotopic (exact) mass is 221 g/mol. The first-order valence-corrected chi connectivity index (χ1v) is 5.86. The predicted molar refractivity (Wildman–Crippen MR) is 71.3 cm³/mol. The molecule has 0 aromatic heterocycles. The third kappa shape index (κ3) is 1.33. The highest BCUT2D eigenvalue weighted by Crippen LogP contribution is 2.49. The van der Waals surface area contributed by atoms with Crippen LogP contribution in [0.1, 0.15) is 25.0 Å². The number of hydrogen-bond donors (Lipinski definition) is 1. The lowest BCUT2D eigenvalue weighted by Crippen LogP contribution is -2.14. The van der Waals surface area contributed by atoms with Gasteiger partial charge in [0.2, 0.25) is 0 Å². The van der Waals surface area contributed by atoms with Crippen molar-refractivity contribution in [3.05, 3.63) is 70.6 Å². The summed E-state index contributed by atoms with van der Waals surface area (Å²) in [4.78, 5) is 0. The van der Waals surface area contributed by atoms with Crippen molar-refractivity contribution in [1.29, 1.82) is 0 Å². The molecule has 84 valence electrons. The van der Waals surface area contributed by atoms with E-state index in [9.17, 15) is 0 Å². The van der Waals surface area contributed by atoms with Crippen molar-refractivity contribution in [1.82, 2.24) is 0 Å². The van der Waals surface area contributed by atoms with E-state index in [0.717, 1.165) is 0 Å². The number of hydrogen-bond acceptors (Lipinski definition) is 1. The molecule has 0 spiro atoms. The Labute approximate surface area is 102 Å². The average molecular weight is 221 g/mol. The van der Waals surface area contributed by atoms with Gasteiger partial charge in [-0.05, 0) is 22.8 Å². The van der Waals surface area contributed by atoms with E-state index in [1.54, 1.807) is 0 Å². The maximum atomic E-state index is 5.91. The minimum atomic E-state index is -0.0148. The van der Waals surface area contributed by atoms with Crippen LogP contribution in [0.3, 0.4) is 0 Å². The lowest BCUT2D eigenvalue weighted by atomic mass is 9.82. The van der Waals surface area contributed by atoms with Crippen molar-refractivity contribution in [2.45, 2.75) is 19.3 Å². The number of benzene rings is 1. The number of rotatable bonds is 0. The summed E-state index contributed by atoms with van der Waals surface area (Å²) in [5.41, 5.74) is 15.0. The maximum absolute atomic E-state index is 5.91. The van der Waals surface area contributed by atoms with Gasteiger partial charge in [0, 0.05) is 11.0 Å². The fraction of sp³-hybridized carbons (Fsp3) is 0.188. The molecule has 2 N–H and O–H groups in total. The Morgan fingerprint density at radius 3 is 2.76 bits per heavy atom. The molecule has 0 saturated heterocycles. The van der Waals surface area contributed by atoms with Gasteiger partial charge in [0.25, 0.3) is 0 Å². The Bertz CT molecular complexity index is 621. The van der Waals surface area contributed by atoms with Crippen LogP contribution in [-0.2, 0) is 5.41 Å². The second-order valence-corrected chi connectivity index (χ2v) is 5.07. The molecule has 0 fully saturated rings. The molecule has 2 aliphatic carbocycles. The largest absolute Gasteiger partial charge is 0.392 e. The van der Waals surface area contributed by atoms with Gasteiger partial charge in [-0.15, -0.1) is 0 Å². The summed E-state index contributed by atoms with van der Waals surface area (Å²) in [7, 11) is 0. The van der Waals surface area contributed by atoms with Crippen LogP contribution in [0.2, 0.25) is 0 Å². The third-order valence-electron chi connectivity index (χ3n) is 3.59. The zero-order valence-electron chi connectivity index (χ0n) is 10.1. The predicted octanol–water partition coefficient (Wildman–Crippen LogP) is 3.30. The summed E-state index contributed by atoms with van der Waals surface area (Å²) in [5, 5.41) is 0. The summed E-state index contributed by atoms with van der Waals surface area (Å²) >= 11 is 0. The van der Waals surface area contributed by atoms with Gasteiger partial charge >= 0.3 is 0 Å². The van der Waals surface area contributed by atoms with Crippen molar-refractivity contribution in [2.75, 3.05) is 0 Å². The van der Waals surface area contributed by atoms with Crippen LogP contribution in [0, 0.1) is 0 Å². The smallest absolute Gasteiger partial charge is 0.0750 e. The molecule has 1 heteroatoms. The molecule has 0 heterocycles. The SMILES string of the molecule is CC1(C)C2=C=C(N)C=CC=C2c2ccccc21. The van der Waals surface area contributed by atoms with Gasteiger partial charge in [-0.1, -0.05) is 56.0 Å². The molecule has 0 radical (unpaired) electrons. The lowest BCUT2D eigenvalue weighted by Gasteiger charge is -2.20. The molecule has 17 heavy (non-hydrogen) atoms. The van der Waals surface area contributed by atoms with Gasteiger partial charge in [-0.25, -0.2) is 0 Å². The summed E-state index contributed by atoms with van der Waals surface area (Å²) in [6, 6.07) is 8.54. The van der Waals surface area contributed by atoms with Crippen LogP contribution < -0.4 is 5.73 Å². The van der Waals surface area contributed by atoms with E-state index in [0.29, 0.717) is 5.70 Å². The van der Waals surface area contributed by atoms with Crippen molar-refractivity contribution in [3.8, 4) is 0 Å². The maximum Gasteiger partial charge on any atom is 0.0750 e. The van der Waals surface area contributed by atoms with Crippen LogP contribution in [-0.4, -0.2) is 0 Å². The Morgan fingerprint density at radius 1 is 1.18 bits per heavy atom. The first kappa shape index (κ1) is 10.2. The van der Waals surface area contributed by atoms with E-state index < -0.39 is 0 Å². The second kappa shape index (κ2) is 3.26. The fourth-order valence-corrected chi connectivity index (χ4v) is 2.70. The highest BCUT2D eigenvalue weighted by Gasteiger charge is 2.37. The molecule has 0 aliphatic heterocycles. The van der Waals surface area contributed by atoms with Crippen LogP contribution in [0.15, 0.2) is 59.5 Å². The summed E-state index contributed by atoms with van der Waals surface area (Å²) in [5.74, 6) is 0. The summed E-state index contributed by atoms with van der Waals surface area (Å²) in [6.45, 7) is 4.46. The quantitative estimate of drug-likeness (QED) is 0.668. The van der Waals surface area contributed by atoms with Gasteiger partial charge in [0.05, 0.1) is 5.70 Å². The molecule has 1 nitrogen and oxygen atoms in total. The molecule has 0 amide bonds. The van der Waals surface area contributed by atoms with Gasteiger partial charge in [0.15, 0.2) is 0 Å². The van der Waals surface area contributed by atoms with Crippen LogP contribution >= 0.6 is 0 Å². The zero-order chi connectivity index (χ0) is 12.0. The summed E-state index contributed by atoms with van der Waals surface area (Å²) in [6.07, 6.45) is 6.04. The minimum absolute atomic E-state index is 0.0148. The van der Waals surface area contributed by atoms with E-state index in [-0.39, 0.29) is 5.41 Å². The van der Waals surface area contributed by atoms with Gasteiger partial charge in [-0.2, -0.15) is 0 Å². The Hall–Kier alpha value is -1.98. The third-order valence-corrected chi connectivity index (χ3v) is 3.59. The first-order valence-electron chi connectivity index (χ1n) is 5.86. The average Bonchev–Trinajstić information content (AvgIpc) is 2.45. The molecule has 0 unspecified atom stereocenters. The lowest BCUT2D eigenvalue weighted by molar-refractivity contribution is 0.661. The van der Waals surface area contributed by atoms with E-state index in [1.807, 2.05) is 12.2 Å². The number of fused-ring (bicyclic) bond motifs is 3.